The summed E-state index contributed by atoms with van der Waals surface area (Å²) in [5.74, 6) is 0.759. The summed E-state index contributed by atoms with van der Waals surface area (Å²) in [5.41, 5.74) is 1.44. The van der Waals surface area contributed by atoms with Crippen LogP contribution in [0.2, 0.25) is 0 Å². The zero-order chi connectivity index (χ0) is 12.3. The van der Waals surface area contributed by atoms with Crippen LogP contribution in [0.15, 0.2) is 30.3 Å². The molecule has 1 atom stereocenters. The molecule has 0 radical (unpaired) electrons. The molecule has 1 N–H and O–H groups in total. The fourth-order valence-corrected chi connectivity index (χ4v) is 2.25. The molecule has 1 aromatic carbocycles. The molecule has 2 heteroatoms. The Morgan fingerprint density at radius 1 is 1.18 bits per heavy atom. The van der Waals surface area contributed by atoms with E-state index in [0.717, 1.165) is 18.8 Å². The van der Waals surface area contributed by atoms with Crippen molar-refractivity contribution in [3.63, 3.8) is 0 Å². The van der Waals surface area contributed by atoms with E-state index in [0.29, 0.717) is 6.04 Å². The molecule has 96 valence electrons. The first kappa shape index (κ1) is 14.5. The zero-order valence-electron chi connectivity index (χ0n) is 10.8. The summed E-state index contributed by atoms with van der Waals surface area (Å²) in [6.07, 6.45) is 5.94. The number of unbranched alkanes of at least 4 members (excludes halogenated alkanes) is 1. The standard InChI is InChI=1S/C15H24ClN/c1-2-15(11-12-16)17-13-7-6-10-14-8-4-3-5-9-14/h3-5,8-9,15,17H,2,6-7,10-13H2,1H3. The topological polar surface area (TPSA) is 12.0 Å². The Bertz CT molecular complexity index is 274. The first-order valence-corrected chi connectivity index (χ1v) is 7.23. The van der Waals surface area contributed by atoms with E-state index in [9.17, 15) is 0 Å². The second kappa shape index (κ2) is 9.49. The Morgan fingerprint density at radius 3 is 2.59 bits per heavy atom. The van der Waals surface area contributed by atoms with Gasteiger partial charge in [-0.25, -0.2) is 0 Å². The van der Waals surface area contributed by atoms with Crippen LogP contribution >= 0.6 is 11.6 Å². The number of nitrogens with one attached hydrogen (secondary N) is 1. The van der Waals surface area contributed by atoms with E-state index in [1.807, 2.05) is 0 Å². The van der Waals surface area contributed by atoms with Crippen LogP contribution in [0.5, 0.6) is 0 Å². The van der Waals surface area contributed by atoms with E-state index in [4.69, 9.17) is 11.6 Å². The van der Waals surface area contributed by atoms with Crippen molar-refractivity contribution in [2.75, 3.05) is 12.4 Å². The van der Waals surface area contributed by atoms with Gasteiger partial charge in [0, 0.05) is 11.9 Å². The zero-order valence-corrected chi connectivity index (χ0v) is 11.5. The van der Waals surface area contributed by atoms with Crippen molar-refractivity contribution >= 4 is 11.6 Å². The number of alkyl halides is 1. The van der Waals surface area contributed by atoms with Gasteiger partial charge in [0.15, 0.2) is 0 Å². The molecule has 0 saturated heterocycles. The maximum Gasteiger partial charge on any atom is 0.0238 e. The number of hydrogen-bond donors (Lipinski definition) is 1. The summed E-state index contributed by atoms with van der Waals surface area (Å²) in [6, 6.07) is 11.3. The second-order valence-corrected chi connectivity index (χ2v) is 4.86. The molecular weight excluding hydrogens is 230 g/mol. The molecule has 0 spiro atoms. The third-order valence-corrected chi connectivity index (χ3v) is 3.34. The predicted octanol–water partition coefficient (Wildman–Crippen LogP) is 4.01. The Balaban J connectivity index is 2.04. The van der Waals surface area contributed by atoms with Gasteiger partial charge in [0.05, 0.1) is 0 Å². The van der Waals surface area contributed by atoms with Crippen molar-refractivity contribution in [2.24, 2.45) is 0 Å². The van der Waals surface area contributed by atoms with Crippen molar-refractivity contribution < 1.29 is 0 Å². The highest BCUT2D eigenvalue weighted by Gasteiger charge is 2.03. The molecule has 1 nitrogen and oxygen atoms in total. The van der Waals surface area contributed by atoms with Crippen LogP contribution in [0.4, 0.5) is 0 Å². The molecule has 0 saturated carbocycles. The van der Waals surface area contributed by atoms with Gasteiger partial charge in [0.1, 0.15) is 0 Å². The van der Waals surface area contributed by atoms with Gasteiger partial charge >= 0.3 is 0 Å². The molecule has 0 aromatic heterocycles. The maximum atomic E-state index is 5.76. The molecule has 17 heavy (non-hydrogen) atoms. The van der Waals surface area contributed by atoms with E-state index in [1.165, 1.54) is 31.2 Å². The average molecular weight is 254 g/mol. The minimum atomic E-state index is 0.601. The fraction of sp³-hybridized carbons (Fsp3) is 0.600. The average Bonchev–Trinajstić information content (AvgIpc) is 2.38. The van der Waals surface area contributed by atoms with E-state index in [-0.39, 0.29) is 0 Å². The van der Waals surface area contributed by atoms with Crippen LogP contribution in [-0.2, 0) is 6.42 Å². The molecule has 0 aliphatic heterocycles. The number of hydrogen-bond acceptors (Lipinski definition) is 1. The van der Waals surface area contributed by atoms with Gasteiger partial charge in [-0.1, -0.05) is 37.3 Å². The van der Waals surface area contributed by atoms with E-state index in [2.05, 4.69) is 42.6 Å². The fourth-order valence-electron chi connectivity index (χ4n) is 1.99. The van der Waals surface area contributed by atoms with Gasteiger partial charge in [0.25, 0.3) is 0 Å². The third kappa shape index (κ3) is 6.70. The van der Waals surface area contributed by atoms with Gasteiger partial charge in [-0.3, -0.25) is 0 Å². The molecule has 0 bridgehead atoms. The summed E-state index contributed by atoms with van der Waals surface area (Å²) in [5, 5.41) is 3.57. The number of benzene rings is 1. The van der Waals surface area contributed by atoms with E-state index < -0.39 is 0 Å². The van der Waals surface area contributed by atoms with Gasteiger partial charge in [0.2, 0.25) is 0 Å². The molecule has 0 heterocycles. The van der Waals surface area contributed by atoms with Gasteiger partial charge in [-0.15, -0.1) is 11.6 Å². The highest BCUT2D eigenvalue weighted by atomic mass is 35.5. The first-order valence-electron chi connectivity index (χ1n) is 6.70. The van der Waals surface area contributed by atoms with Crippen LogP contribution < -0.4 is 5.32 Å². The van der Waals surface area contributed by atoms with Crippen LogP contribution in [0.25, 0.3) is 0 Å². The van der Waals surface area contributed by atoms with Crippen molar-refractivity contribution in [2.45, 2.75) is 45.1 Å². The third-order valence-electron chi connectivity index (χ3n) is 3.12. The minimum absolute atomic E-state index is 0.601. The Kier molecular flexibility index (Phi) is 8.12. The van der Waals surface area contributed by atoms with Crippen LogP contribution in [0.1, 0.15) is 38.2 Å². The van der Waals surface area contributed by atoms with Crippen LogP contribution in [0, 0.1) is 0 Å². The molecule has 0 aliphatic rings. The highest BCUT2D eigenvalue weighted by molar-refractivity contribution is 6.17. The summed E-state index contributed by atoms with van der Waals surface area (Å²) in [6.45, 7) is 3.33. The first-order chi connectivity index (χ1) is 8.36. The molecule has 1 aromatic rings. The van der Waals surface area contributed by atoms with Gasteiger partial charge in [-0.2, -0.15) is 0 Å². The lowest BCUT2D eigenvalue weighted by molar-refractivity contribution is 0.475. The number of aryl methyl sites for hydroxylation is 1. The molecule has 0 aliphatic carbocycles. The van der Waals surface area contributed by atoms with Crippen molar-refractivity contribution in [3.05, 3.63) is 35.9 Å². The predicted molar refractivity (Wildman–Crippen MR) is 76.8 cm³/mol. The van der Waals surface area contributed by atoms with Crippen LogP contribution in [-0.4, -0.2) is 18.5 Å². The smallest absolute Gasteiger partial charge is 0.0238 e. The quantitative estimate of drug-likeness (QED) is 0.518. The number of halogens is 1. The second-order valence-electron chi connectivity index (χ2n) is 4.48. The molecule has 1 rings (SSSR count). The van der Waals surface area contributed by atoms with E-state index in [1.54, 1.807) is 0 Å². The minimum Gasteiger partial charge on any atom is -0.314 e. The molecule has 0 amide bonds. The monoisotopic (exact) mass is 253 g/mol. The Labute approximate surface area is 111 Å². The highest BCUT2D eigenvalue weighted by Crippen LogP contribution is 2.05. The Morgan fingerprint density at radius 2 is 1.94 bits per heavy atom. The van der Waals surface area contributed by atoms with Gasteiger partial charge in [-0.05, 0) is 44.2 Å². The van der Waals surface area contributed by atoms with Crippen molar-refractivity contribution in [1.82, 2.24) is 5.32 Å². The summed E-state index contributed by atoms with van der Waals surface area (Å²) < 4.78 is 0. The van der Waals surface area contributed by atoms with Crippen molar-refractivity contribution in [1.29, 1.82) is 0 Å². The Hall–Kier alpha value is -0.530. The normalized spacial score (nSPS) is 12.6. The SMILES string of the molecule is CCC(CCCl)NCCCCc1ccccc1. The lowest BCUT2D eigenvalue weighted by Crippen LogP contribution is -2.29. The molecular formula is C15H24ClN. The van der Waals surface area contributed by atoms with Crippen LogP contribution in [0.3, 0.4) is 0 Å². The number of rotatable bonds is 9. The molecule has 0 fully saturated rings. The maximum absolute atomic E-state index is 5.76. The van der Waals surface area contributed by atoms with E-state index >= 15 is 0 Å². The largest absolute Gasteiger partial charge is 0.314 e. The molecule has 1 unspecified atom stereocenters. The lowest BCUT2D eigenvalue weighted by atomic mass is 10.1. The summed E-state index contributed by atoms with van der Waals surface area (Å²) >= 11 is 5.76. The summed E-state index contributed by atoms with van der Waals surface area (Å²) in [4.78, 5) is 0. The van der Waals surface area contributed by atoms with Crippen molar-refractivity contribution in [3.8, 4) is 0 Å². The van der Waals surface area contributed by atoms with Gasteiger partial charge < -0.3 is 5.32 Å². The summed E-state index contributed by atoms with van der Waals surface area (Å²) in [7, 11) is 0. The lowest BCUT2D eigenvalue weighted by Gasteiger charge is -2.15.